The molecule has 0 aromatic rings. The van der Waals surface area contributed by atoms with Crippen molar-refractivity contribution in [1.29, 1.82) is 0 Å². The van der Waals surface area contributed by atoms with Crippen LogP contribution in [0.25, 0.3) is 0 Å². The van der Waals surface area contributed by atoms with Crippen LogP contribution in [-0.4, -0.2) is 18.4 Å². The molecule has 0 aromatic heterocycles. The van der Waals surface area contributed by atoms with E-state index in [1.165, 1.54) is 0 Å². The predicted octanol–water partition coefficient (Wildman–Crippen LogP) is 4.32. The van der Waals surface area contributed by atoms with Crippen molar-refractivity contribution in [1.82, 2.24) is 0 Å². The molecular formula is C15H23NO2. The van der Waals surface area contributed by atoms with Gasteiger partial charge in [-0.05, 0) is 19.4 Å². The van der Waals surface area contributed by atoms with Gasteiger partial charge in [-0.15, -0.1) is 0 Å². The number of hydrogen-bond donors (Lipinski definition) is 0. The molecule has 0 rings (SSSR count). The monoisotopic (exact) mass is 249 g/mol. The molecule has 0 aromatic carbocycles. The van der Waals surface area contributed by atoms with Gasteiger partial charge in [-0.2, -0.15) is 4.99 Å². The Balaban J connectivity index is 5.49. The highest BCUT2D eigenvalue weighted by atomic mass is 16.5. The Morgan fingerprint density at radius 3 is 2.39 bits per heavy atom. The van der Waals surface area contributed by atoms with Gasteiger partial charge in [-0.25, -0.2) is 4.79 Å². The van der Waals surface area contributed by atoms with Gasteiger partial charge in [0.1, 0.15) is 0 Å². The van der Waals surface area contributed by atoms with Crippen LogP contribution in [0.2, 0.25) is 0 Å². The standard InChI is InChI=1S/C15H23NO2/c1-7-10-11-12(8-2)13(15(4,5)6)16-14(17)18-9-3/h7-8,10-11H,2,9H2,1,3-6H3/b10-7-,12-11+,16-13+. The zero-order valence-corrected chi connectivity index (χ0v) is 12.0. The van der Waals surface area contributed by atoms with E-state index in [-0.39, 0.29) is 5.41 Å². The van der Waals surface area contributed by atoms with E-state index in [1.807, 2.05) is 45.9 Å². The number of aliphatic imine (C=N–C) groups is 1. The Morgan fingerprint density at radius 1 is 1.39 bits per heavy atom. The maximum Gasteiger partial charge on any atom is 0.433 e. The van der Waals surface area contributed by atoms with E-state index in [2.05, 4.69) is 11.6 Å². The lowest BCUT2D eigenvalue weighted by Crippen LogP contribution is -2.23. The summed E-state index contributed by atoms with van der Waals surface area (Å²) in [5.74, 6) is 0. The van der Waals surface area contributed by atoms with Gasteiger partial charge in [0.15, 0.2) is 0 Å². The number of ether oxygens (including phenoxy) is 1. The van der Waals surface area contributed by atoms with Crippen molar-refractivity contribution in [2.24, 2.45) is 10.4 Å². The Hall–Kier alpha value is -1.64. The van der Waals surface area contributed by atoms with E-state index in [0.717, 1.165) is 5.57 Å². The fraction of sp³-hybridized carbons (Fsp3) is 0.467. The van der Waals surface area contributed by atoms with E-state index in [1.54, 1.807) is 13.0 Å². The highest BCUT2D eigenvalue weighted by Gasteiger charge is 2.22. The first kappa shape index (κ1) is 16.4. The Bertz CT molecular complexity index is 382. The third kappa shape index (κ3) is 5.62. The number of amides is 1. The molecule has 1 amide bonds. The van der Waals surface area contributed by atoms with Crippen LogP contribution in [0.4, 0.5) is 4.79 Å². The molecule has 0 bridgehead atoms. The molecule has 0 atom stereocenters. The van der Waals surface area contributed by atoms with Crippen LogP contribution in [0.3, 0.4) is 0 Å². The van der Waals surface area contributed by atoms with Crippen molar-refractivity contribution >= 4 is 11.8 Å². The Kier molecular flexibility index (Phi) is 6.94. The summed E-state index contributed by atoms with van der Waals surface area (Å²) in [5.41, 5.74) is 1.25. The second-order valence-electron chi connectivity index (χ2n) is 4.76. The number of nitrogens with zero attached hydrogens (tertiary/aromatic N) is 1. The van der Waals surface area contributed by atoms with Crippen molar-refractivity contribution in [2.75, 3.05) is 6.61 Å². The Morgan fingerprint density at radius 2 is 2.00 bits per heavy atom. The first-order chi connectivity index (χ1) is 8.36. The second-order valence-corrected chi connectivity index (χ2v) is 4.76. The first-order valence-corrected chi connectivity index (χ1v) is 6.08. The van der Waals surface area contributed by atoms with Crippen molar-refractivity contribution in [3.63, 3.8) is 0 Å². The molecule has 0 aliphatic heterocycles. The third-order valence-electron chi connectivity index (χ3n) is 2.14. The first-order valence-electron chi connectivity index (χ1n) is 6.08. The largest absolute Gasteiger partial charge is 0.448 e. The molecule has 100 valence electrons. The minimum absolute atomic E-state index is 0.256. The highest BCUT2D eigenvalue weighted by Crippen LogP contribution is 2.23. The molecule has 0 radical (unpaired) electrons. The van der Waals surface area contributed by atoms with Crippen LogP contribution >= 0.6 is 0 Å². The van der Waals surface area contributed by atoms with E-state index in [0.29, 0.717) is 12.3 Å². The lowest BCUT2D eigenvalue weighted by molar-refractivity contribution is 0.163. The molecule has 0 saturated heterocycles. The highest BCUT2D eigenvalue weighted by molar-refractivity contribution is 6.09. The van der Waals surface area contributed by atoms with E-state index < -0.39 is 6.09 Å². The van der Waals surface area contributed by atoms with Gasteiger partial charge in [0.05, 0.1) is 12.3 Å². The number of allylic oxidation sites excluding steroid dienone is 5. The Labute approximate surface area is 110 Å². The maximum absolute atomic E-state index is 11.5. The van der Waals surface area contributed by atoms with Gasteiger partial charge in [0.25, 0.3) is 0 Å². The van der Waals surface area contributed by atoms with Crippen molar-refractivity contribution in [3.8, 4) is 0 Å². The van der Waals surface area contributed by atoms with Crippen LogP contribution in [0.1, 0.15) is 34.6 Å². The molecule has 3 nitrogen and oxygen atoms in total. The number of hydrogen-bond acceptors (Lipinski definition) is 2. The normalized spacial score (nSPS) is 13.8. The third-order valence-corrected chi connectivity index (χ3v) is 2.14. The number of carbonyl (C=O) groups excluding carboxylic acids is 1. The summed E-state index contributed by atoms with van der Waals surface area (Å²) in [6, 6.07) is 0. The van der Waals surface area contributed by atoms with Gasteiger partial charge in [-0.1, -0.05) is 51.7 Å². The van der Waals surface area contributed by atoms with Crippen molar-refractivity contribution in [3.05, 3.63) is 36.5 Å². The number of rotatable bonds is 4. The summed E-state index contributed by atoms with van der Waals surface area (Å²) < 4.78 is 4.86. The van der Waals surface area contributed by atoms with Crippen LogP contribution < -0.4 is 0 Å². The molecule has 0 unspecified atom stereocenters. The molecule has 3 heteroatoms. The summed E-state index contributed by atoms with van der Waals surface area (Å²) in [5, 5.41) is 0. The molecule has 0 aliphatic carbocycles. The van der Waals surface area contributed by atoms with Gasteiger partial charge in [0.2, 0.25) is 0 Å². The van der Waals surface area contributed by atoms with Crippen molar-refractivity contribution in [2.45, 2.75) is 34.6 Å². The lowest BCUT2D eigenvalue weighted by atomic mass is 9.85. The lowest BCUT2D eigenvalue weighted by Gasteiger charge is -2.22. The summed E-state index contributed by atoms with van der Waals surface area (Å²) >= 11 is 0. The molecule has 0 N–H and O–H groups in total. The number of carbonyl (C=O) groups is 1. The van der Waals surface area contributed by atoms with E-state index in [9.17, 15) is 4.79 Å². The van der Waals surface area contributed by atoms with Crippen LogP contribution in [0.5, 0.6) is 0 Å². The van der Waals surface area contributed by atoms with Crippen LogP contribution in [-0.2, 0) is 4.74 Å². The predicted molar refractivity (Wildman–Crippen MR) is 77.0 cm³/mol. The molecule has 0 aliphatic rings. The zero-order valence-electron chi connectivity index (χ0n) is 12.0. The quantitative estimate of drug-likeness (QED) is 0.550. The average molecular weight is 249 g/mol. The smallest absolute Gasteiger partial charge is 0.433 e. The SMILES string of the molecule is C=CC(=C\C=C/C)/C(=N\C(=O)OCC)C(C)(C)C. The average Bonchev–Trinajstić information content (AvgIpc) is 2.27. The van der Waals surface area contributed by atoms with Crippen LogP contribution in [0, 0.1) is 5.41 Å². The minimum Gasteiger partial charge on any atom is -0.448 e. The van der Waals surface area contributed by atoms with E-state index >= 15 is 0 Å². The van der Waals surface area contributed by atoms with Gasteiger partial charge in [-0.3, -0.25) is 0 Å². The topological polar surface area (TPSA) is 38.7 Å². The summed E-state index contributed by atoms with van der Waals surface area (Å²) in [7, 11) is 0. The second kappa shape index (κ2) is 7.64. The van der Waals surface area contributed by atoms with Gasteiger partial charge < -0.3 is 4.74 Å². The van der Waals surface area contributed by atoms with E-state index in [4.69, 9.17) is 4.74 Å². The van der Waals surface area contributed by atoms with Crippen LogP contribution in [0.15, 0.2) is 41.4 Å². The summed E-state index contributed by atoms with van der Waals surface area (Å²) in [6.45, 7) is 13.8. The maximum atomic E-state index is 11.5. The van der Waals surface area contributed by atoms with Crippen molar-refractivity contribution < 1.29 is 9.53 Å². The minimum atomic E-state index is -0.560. The van der Waals surface area contributed by atoms with Gasteiger partial charge in [0, 0.05) is 5.41 Å². The fourth-order valence-corrected chi connectivity index (χ4v) is 1.36. The molecule has 18 heavy (non-hydrogen) atoms. The summed E-state index contributed by atoms with van der Waals surface area (Å²) in [4.78, 5) is 15.5. The molecule has 0 spiro atoms. The summed E-state index contributed by atoms with van der Waals surface area (Å²) in [6.07, 6.45) is 6.83. The molecule has 0 saturated carbocycles. The van der Waals surface area contributed by atoms with Gasteiger partial charge >= 0.3 is 6.09 Å². The molecular weight excluding hydrogens is 226 g/mol. The molecule has 0 heterocycles. The molecule has 0 fully saturated rings. The zero-order chi connectivity index (χ0) is 14.2. The fourth-order valence-electron chi connectivity index (χ4n) is 1.36.